The molecule has 0 unspecified atom stereocenters. The Bertz CT molecular complexity index is 1230. The van der Waals surface area contributed by atoms with Gasteiger partial charge in [-0.1, -0.05) is 0 Å². The van der Waals surface area contributed by atoms with Crippen LogP contribution in [0, 0.1) is 10.1 Å². The molecular formula is C22H26N4O9S. The maximum Gasteiger partial charge on any atom is 0.328 e. The number of nitrogens with zero attached hydrogens (tertiary/aromatic N) is 1. The molecule has 0 aliphatic rings. The van der Waals surface area contributed by atoms with Gasteiger partial charge in [-0.15, -0.1) is 0 Å². The standard InChI is InChI=1S/C22H26N4O9S/c1-3-35-22(29)18(13-14-12-16(26(30)31)6-9-19(14)34-2)25-21(28)11-10-20(27)24-15-4-7-17(8-5-15)36(23,32)33/h4-9,12,18H,3,10-11,13H2,1-2H3,(H,24,27)(H,25,28)(H2,23,32,33)/t18-/m1/s1. The minimum absolute atomic E-state index is 0.0456. The lowest BCUT2D eigenvalue weighted by Gasteiger charge is -2.18. The molecule has 13 nitrogen and oxygen atoms in total. The number of anilines is 1. The molecule has 0 heterocycles. The third-order valence-corrected chi connectivity index (χ3v) is 5.78. The van der Waals surface area contributed by atoms with Crippen LogP contribution >= 0.6 is 0 Å². The first-order valence-corrected chi connectivity index (χ1v) is 12.2. The lowest BCUT2D eigenvalue weighted by atomic mass is 10.0. The molecule has 194 valence electrons. The van der Waals surface area contributed by atoms with E-state index in [2.05, 4.69) is 10.6 Å². The Hall–Kier alpha value is -4.04. The largest absolute Gasteiger partial charge is 0.496 e. The average Bonchev–Trinajstić information content (AvgIpc) is 2.82. The normalized spacial score (nSPS) is 11.8. The summed E-state index contributed by atoms with van der Waals surface area (Å²) < 4.78 is 32.8. The lowest BCUT2D eigenvalue weighted by molar-refractivity contribution is -0.384. The highest BCUT2D eigenvalue weighted by Crippen LogP contribution is 2.25. The number of esters is 1. The van der Waals surface area contributed by atoms with Crippen molar-refractivity contribution in [2.75, 3.05) is 19.0 Å². The molecule has 0 aliphatic heterocycles. The first-order valence-electron chi connectivity index (χ1n) is 10.6. The molecule has 2 rings (SSSR count). The summed E-state index contributed by atoms with van der Waals surface area (Å²) in [5.41, 5.74) is 0.397. The van der Waals surface area contributed by atoms with Crippen molar-refractivity contribution in [3.05, 3.63) is 58.1 Å². The van der Waals surface area contributed by atoms with Crippen LogP contribution in [0.3, 0.4) is 0 Å². The van der Waals surface area contributed by atoms with E-state index in [0.29, 0.717) is 11.3 Å². The third kappa shape index (κ3) is 8.32. The van der Waals surface area contributed by atoms with E-state index in [-0.39, 0.29) is 42.2 Å². The number of hydrogen-bond donors (Lipinski definition) is 3. The van der Waals surface area contributed by atoms with Crippen molar-refractivity contribution in [2.24, 2.45) is 5.14 Å². The van der Waals surface area contributed by atoms with Crippen molar-refractivity contribution in [1.82, 2.24) is 5.32 Å². The van der Waals surface area contributed by atoms with Crippen molar-refractivity contribution >= 4 is 39.2 Å². The van der Waals surface area contributed by atoms with Crippen LogP contribution in [0.2, 0.25) is 0 Å². The Kier molecular flexibility index (Phi) is 9.87. The van der Waals surface area contributed by atoms with E-state index in [9.17, 15) is 32.9 Å². The topological polar surface area (TPSA) is 197 Å². The summed E-state index contributed by atoms with van der Waals surface area (Å²) in [7, 11) is -2.51. The van der Waals surface area contributed by atoms with Gasteiger partial charge in [-0.25, -0.2) is 18.4 Å². The van der Waals surface area contributed by atoms with E-state index in [4.69, 9.17) is 14.6 Å². The number of benzene rings is 2. The number of primary sulfonamides is 1. The van der Waals surface area contributed by atoms with Crippen LogP contribution in [0.5, 0.6) is 5.75 Å². The second-order valence-electron chi connectivity index (χ2n) is 7.45. The van der Waals surface area contributed by atoms with Gasteiger partial charge in [-0.2, -0.15) is 0 Å². The average molecular weight is 523 g/mol. The fourth-order valence-corrected chi connectivity index (χ4v) is 3.65. The molecule has 2 amide bonds. The molecular weight excluding hydrogens is 496 g/mol. The third-order valence-electron chi connectivity index (χ3n) is 4.85. The number of nitrogens with two attached hydrogens (primary N) is 1. The van der Waals surface area contributed by atoms with Crippen molar-refractivity contribution < 1.29 is 37.2 Å². The van der Waals surface area contributed by atoms with Crippen LogP contribution in [0.15, 0.2) is 47.4 Å². The van der Waals surface area contributed by atoms with Gasteiger partial charge in [0, 0.05) is 42.6 Å². The van der Waals surface area contributed by atoms with Crippen molar-refractivity contribution in [3.63, 3.8) is 0 Å². The van der Waals surface area contributed by atoms with Gasteiger partial charge in [0.1, 0.15) is 11.8 Å². The van der Waals surface area contributed by atoms with Crippen molar-refractivity contribution in [1.29, 1.82) is 0 Å². The number of nitro groups is 1. The molecule has 0 aliphatic carbocycles. The second kappa shape index (κ2) is 12.6. The Morgan fingerprint density at radius 1 is 1.08 bits per heavy atom. The predicted octanol–water partition coefficient (Wildman–Crippen LogP) is 1.26. The Labute approximate surface area is 207 Å². The van der Waals surface area contributed by atoms with Gasteiger partial charge < -0.3 is 20.1 Å². The number of sulfonamides is 1. The minimum Gasteiger partial charge on any atom is -0.496 e. The van der Waals surface area contributed by atoms with E-state index in [1.165, 1.54) is 49.6 Å². The first kappa shape index (κ1) is 28.2. The number of methoxy groups -OCH3 is 1. The fourth-order valence-electron chi connectivity index (χ4n) is 3.14. The quantitative estimate of drug-likeness (QED) is 0.209. The molecule has 2 aromatic carbocycles. The van der Waals surface area contributed by atoms with E-state index in [1.807, 2.05) is 0 Å². The summed E-state index contributed by atoms with van der Waals surface area (Å²) in [5, 5.41) is 21.2. The zero-order valence-corrected chi connectivity index (χ0v) is 20.4. The number of nitro benzene ring substituents is 1. The van der Waals surface area contributed by atoms with Gasteiger partial charge in [-0.3, -0.25) is 19.7 Å². The van der Waals surface area contributed by atoms with Gasteiger partial charge in [0.05, 0.1) is 23.5 Å². The molecule has 0 saturated heterocycles. The van der Waals surface area contributed by atoms with E-state index in [0.717, 1.165) is 0 Å². The predicted molar refractivity (Wildman–Crippen MR) is 128 cm³/mol. The summed E-state index contributed by atoms with van der Waals surface area (Å²) in [6, 6.07) is 7.85. The molecule has 36 heavy (non-hydrogen) atoms. The van der Waals surface area contributed by atoms with Crippen LogP contribution in [0.25, 0.3) is 0 Å². The number of ether oxygens (including phenoxy) is 2. The van der Waals surface area contributed by atoms with E-state index >= 15 is 0 Å². The Morgan fingerprint density at radius 2 is 1.72 bits per heavy atom. The van der Waals surface area contributed by atoms with Crippen LogP contribution in [-0.4, -0.2) is 50.9 Å². The van der Waals surface area contributed by atoms with Gasteiger partial charge >= 0.3 is 5.97 Å². The zero-order valence-electron chi connectivity index (χ0n) is 19.6. The zero-order chi connectivity index (χ0) is 26.9. The van der Waals surface area contributed by atoms with Gasteiger partial charge in [-0.05, 0) is 37.3 Å². The van der Waals surface area contributed by atoms with E-state index < -0.39 is 38.8 Å². The summed E-state index contributed by atoms with van der Waals surface area (Å²) in [4.78, 5) is 47.5. The van der Waals surface area contributed by atoms with Crippen LogP contribution in [-0.2, 0) is 35.6 Å². The molecule has 0 saturated carbocycles. The fraction of sp³-hybridized carbons (Fsp3) is 0.318. The number of rotatable bonds is 12. The summed E-state index contributed by atoms with van der Waals surface area (Å²) in [5.74, 6) is -1.62. The highest BCUT2D eigenvalue weighted by molar-refractivity contribution is 7.89. The molecule has 14 heteroatoms. The molecule has 1 atom stereocenters. The SMILES string of the molecule is CCOC(=O)[C@@H](Cc1cc([N+](=O)[O-])ccc1OC)NC(=O)CCC(=O)Nc1ccc(S(N)(=O)=O)cc1. The second-order valence-corrected chi connectivity index (χ2v) is 9.01. The van der Waals surface area contributed by atoms with Crippen LogP contribution < -0.4 is 20.5 Å². The molecule has 0 aromatic heterocycles. The number of amides is 2. The van der Waals surface area contributed by atoms with Crippen LogP contribution in [0.1, 0.15) is 25.3 Å². The highest BCUT2D eigenvalue weighted by atomic mass is 32.2. The number of nitrogens with one attached hydrogen (secondary N) is 2. The van der Waals surface area contributed by atoms with Crippen LogP contribution in [0.4, 0.5) is 11.4 Å². The smallest absolute Gasteiger partial charge is 0.328 e. The van der Waals surface area contributed by atoms with Gasteiger partial charge in [0.25, 0.3) is 5.69 Å². The van der Waals surface area contributed by atoms with Crippen molar-refractivity contribution in [3.8, 4) is 5.75 Å². The van der Waals surface area contributed by atoms with E-state index in [1.54, 1.807) is 6.92 Å². The van der Waals surface area contributed by atoms with Crippen molar-refractivity contribution in [2.45, 2.75) is 37.1 Å². The van der Waals surface area contributed by atoms with Gasteiger partial charge in [0.2, 0.25) is 21.8 Å². The number of carbonyl (C=O) groups is 3. The summed E-state index contributed by atoms with van der Waals surface area (Å²) in [6.45, 7) is 1.63. The molecule has 2 aromatic rings. The highest BCUT2D eigenvalue weighted by Gasteiger charge is 2.25. The molecule has 0 fully saturated rings. The number of carbonyl (C=O) groups excluding carboxylic acids is 3. The molecule has 4 N–H and O–H groups in total. The first-order chi connectivity index (χ1) is 16.9. The number of hydrogen-bond acceptors (Lipinski definition) is 9. The summed E-state index contributed by atoms with van der Waals surface area (Å²) in [6.07, 6.45) is -0.653. The summed E-state index contributed by atoms with van der Waals surface area (Å²) >= 11 is 0. The lowest BCUT2D eigenvalue weighted by Crippen LogP contribution is -2.43. The number of non-ortho nitro benzene ring substituents is 1. The molecule has 0 bridgehead atoms. The Balaban J connectivity index is 2.03. The maximum atomic E-state index is 12.5. The maximum absolute atomic E-state index is 12.5. The molecule has 0 radical (unpaired) electrons. The Morgan fingerprint density at radius 3 is 2.28 bits per heavy atom. The monoisotopic (exact) mass is 522 g/mol. The minimum atomic E-state index is -3.87. The molecule has 0 spiro atoms. The van der Waals surface area contributed by atoms with Gasteiger partial charge in [0.15, 0.2) is 0 Å².